The van der Waals surface area contributed by atoms with E-state index in [-0.39, 0.29) is 23.9 Å². The zero-order valence-electron chi connectivity index (χ0n) is 34.4. The van der Waals surface area contributed by atoms with Gasteiger partial charge in [0.05, 0.1) is 34.3 Å². The number of aliphatic hydroxyl groups excluding tert-OH is 1. The normalized spacial score (nSPS) is 19.5. The van der Waals surface area contributed by atoms with Gasteiger partial charge in [0.15, 0.2) is 0 Å². The zero-order valence-corrected chi connectivity index (χ0v) is 36.0. The molecule has 3 fully saturated rings. The fraction of sp³-hybridized carbons (Fsp3) is 0.347. The molecule has 4 atom stereocenters. The molecule has 0 aliphatic carbocycles. The molecule has 10 nitrogen and oxygen atoms in total. The number of hydrogen-bond acceptors (Lipinski definition) is 10. The van der Waals surface area contributed by atoms with Crippen LogP contribution in [-0.2, 0) is 16.0 Å². The maximum absolute atomic E-state index is 13.3. The van der Waals surface area contributed by atoms with Crippen molar-refractivity contribution in [1.29, 1.82) is 0 Å². The number of nitrogens with zero attached hydrogens (tertiary/aromatic N) is 5. The van der Waals surface area contributed by atoms with Gasteiger partial charge in [-0.3, -0.25) is 14.5 Å². The molecule has 9 rings (SSSR count). The van der Waals surface area contributed by atoms with Crippen molar-refractivity contribution < 1.29 is 14.7 Å². The van der Waals surface area contributed by atoms with Gasteiger partial charge in [-0.15, -0.1) is 22.7 Å². The number of aliphatic hydroxyl groups is 1. The van der Waals surface area contributed by atoms with Gasteiger partial charge in [-0.2, -0.15) is 0 Å². The second kappa shape index (κ2) is 19.3. The molecule has 2 amide bonds. The molecule has 6 aromatic rings. The number of amides is 2. The van der Waals surface area contributed by atoms with Crippen LogP contribution in [0.1, 0.15) is 71.4 Å². The lowest BCUT2D eigenvalue weighted by molar-refractivity contribution is -0.131. The Morgan fingerprint density at radius 3 is 1.90 bits per heavy atom. The van der Waals surface area contributed by atoms with Crippen LogP contribution >= 0.6 is 22.7 Å². The van der Waals surface area contributed by atoms with Crippen molar-refractivity contribution in [3.05, 3.63) is 143 Å². The van der Waals surface area contributed by atoms with Gasteiger partial charge in [-0.05, 0) is 59.1 Å². The number of carbonyl (C=O) groups excluding carboxylic acids is 2. The van der Waals surface area contributed by atoms with Gasteiger partial charge in [-0.25, -0.2) is 9.97 Å². The van der Waals surface area contributed by atoms with Crippen LogP contribution in [-0.4, -0.2) is 93.6 Å². The summed E-state index contributed by atoms with van der Waals surface area (Å²) >= 11 is 3.36. The maximum Gasteiger partial charge on any atom is 0.227 e. The second-order valence-electron chi connectivity index (χ2n) is 16.3. The minimum Gasteiger partial charge on any atom is -0.376 e. The zero-order chi connectivity index (χ0) is 41.5. The van der Waals surface area contributed by atoms with Gasteiger partial charge in [0, 0.05) is 64.6 Å². The molecule has 3 N–H and O–H groups in total. The van der Waals surface area contributed by atoms with E-state index < -0.39 is 12.3 Å². The third-order valence-electron chi connectivity index (χ3n) is 12.3. The SMILES string of the molecule is O=C(CCN1CCNCC1)N[C@H](c1ccccc1)C(O)N1CCC[C@H]1c1ncc(-c2ccc(-c3ccc(-c4cnc([C@@H]5CCCN5C(=O)Cc5ccccc5)s4)cc3)cc2)s1. The molecule has 4 aromatic carbocycles. The lowest BCUT2D eigenvalue weighted by Gasteiger charge is -2.35. The number of aromatic nitrogens is 2. The molecule has 5 heterocycles. The van der Waals surface area contributed by atoms with E-state index in [1.165, 1.54) is 0 Å². The predicted octanol–water partition coefficient (Wildman–Crippen LogP) is 8.11. The standard InChI is InChI=1S/C49H53N7O3S2/c57-44(23-28-54-29-24-50-25-30-54)53-46(39-11-5-2-6-12-39)49(59)56-27-8-14-41(56)48-52-33-43(61-48)38-21-17-36(18-22-38)35-15-19-37(20-16-35)42-32-51-47(60-42)40-13-7-26-55(40)45(58)31-34-9-3-1-4-10-34/h1-6,9-12,15-22,32-33,40-41,46,49-50,59H,7-8,13-14,23-31H2,(H,53,57)/t40-,41-,46+,49?/m0/s1. The average Bonchev–Trinajstić information content (AvgIpc) is 4.16. The number of likely N-dealkylation sites (tertiary alicyclic amines) is 2. The molecule has 3 aliphatic rings. The van der Waals surface area contributed by atoms with Gasteiger partial charge < -0.3 is 25.5 Å². The van der Waals surface area contributed by atoms with E-state index in [4.69, 9.17) is 9.97 Å². The van der Waals surface area contributed by atoms with Crippen LogP contribution in [0.4, 0.5) is 0 Å². The summed E-state index contributed by atoms with van der Waals surface area (Å²) in [6.07, 6.45) is 7.61. The van der Waals surface area contributed by atoms with E-state index in [1.807, 2.05) is 78.0 Å². The fourth-order valence-corrected chi connectivity index (χ4v) is 11.1. The van der Waals surface area contributed by atoms with Crippen molar-refractivity contribution in [2.45, 2.75) is 62.9 Å². The Morgan fingerprint density at radius 2 is 1.26 bits per heavy atom. The summed E-state index contributed by atoms with van der Waals surface area (Å²) in [4.78, 5) is 44.9. The Hall–Kier alpha value is -5.08. The van der Waals surface area contributed by atoms with Crippen LogP contribution in [0.15, 0.2) is 122 Å². The predicted molar refractivity (Wildman–Crippen MR) is 244 cm³/mol. The first-order valence-electron chi connectivity index (χ1n) is 21.6. The lowest BCUT2D eigenvalue weighted by Crippen LogP contribution is -2.47. The largest absolute Gasteiger partial charge is 0.376 e. The summed E-state index contributed by atoms with van der Waals surface area (Å²) in [5, 5.41) is 20.5. The van der Waals surface area contributed by atoms with Crippen LogP contribution in [0.25, 0.3) is 32.0 Å². The molecule has 1 unspecified atom stereocenters. The number of thiazole rings is 2. The third-order valence-corrected chi connectivity index (χ3v) is 14.6. The summed E-state index contributed by atoms with van der Waals surface area (Å²) in [6, 6.07) is 36.5. The molecular weight excluding hydrogens is 799 g/mol. The number of nitrogens with one attached hydrogen (secondary N) is 2. The van der Waals surface area contributed by atoms with Gasteiger partial charge in [-0.1, -0.05) is 109 Å². The molecule has 0 radical (unpaired) electrons. The lowest BCUT2D eigenvalue weighted by atomic mass is 10.0. The maximum atomic E-state index is 13.3. The molecular formula is C49H53N7O3S2. The van der Waals surface area contributed by atoms with Crippen molar-refractivity contribution in [1.82, 2.24) is 35.3 Å². The average molecular weight is 852 g/mol. The summed E-state index contributed by atoms with van der Waals surface area (Å²) < 4.78 is 0. The van der Waals surface area contributed by atoms with Gasteiger partial charge >= 0.3 is 0 Å². The van der Waals surface area contributed by atoms with Gasteiger partial charge in [0.2, 0.25) is 11.8 Å². The highest BCUT2D eigenvalue weighted by Crippen LogP contribution is 2.41. The summed E-state index contributed by atoms with van der Waals surface area (Å²) in [7, 11) is 0. The molecule has 3 saturated heterocycles. The monoisotopic (exact) mass is 851 g/mol. The quantitative estimate of drug-likeness (QED) is 0.101. The molecule has 0 spiro atoms. The fourth-order valence-electron chi connectivity index (χ4n) is 8.99. The first kappa shape index (κ1) is 41.3. The van der Waals surface area contributed by atoms with Crippen molar-refractivity contribution >= 4 is 34.5 Å². The first-order valence-corrected chi connectivity index (χ1v) is 23.3. The van der Waals surface area contributed by atoms with E-state index in [1.54, 1.807) is 22.7 Å². The molecule has 61 heavy (non-hydrogen) atoms. The summed E-state index contributed by atoms with van der Waals surface area (Å²) in [5.74, 6) is 0.118. The van der Waals surface area contributed by atoms with E-state index >= 15 is 0 Å². The Kier molecular flexibility index (Phi) is 13.1. The van der Waals surface area contributed by atoms with Gasteiger partial charge in [0.1, 0.15) is 16.2 Å². The number of rotatable bonds is 14. The van der Waals surface area contributed by atoms with Crippen LogP contribution < -0.4 is 10.6 Å². The molecule has 12 heteroatoms. The van der Waals surface area contributed by atoms with Crippen LogP contribution in [0, 0.1) is 0 Å². The van der Waals surface area contributed by atoms with Crippen molar-refractivity contribution in [2.75, 3.05) is 45.8 Å². The highest BCUT2D eigenvalue weighted by atomic mass is 32.1. The number of hydrogen-bond donors (Lipinski definition) is 3. The highest BCUT2D eigenvalue weighted by molar-refractivity contribution is 7.15. The van der Waals surface area contributed by atoms with Crippen LogP contribution in [0.2, 0.25) is 0 Å². The Labute approximate surface area is 366 Å². The van der Waals surface area contributed by atoms with Crippen molar-refractivity contribution in [2.24, 2.45) is 0 Å². The first-order chi connectivity index (χ1) is 30.0. The summed E-state index contributed by atoms with van der Waals surface area (Å²) in [5.41, 5.74) is 6.43. The Balaban J connectivity index is 0.833. The number of carbonyl (C=O) groups is 2. The summed E-state index contributed by atoms with van der Waals surface area (Å²) in [6.45, 7) is 6.00. The minimum absolute atomic E-state index is 0.0368. The topological polar surface area (TPSA) is 114 Å². The minimum atomic E-state index is -0.896. The molecule has 3 aliphatic heterocycles. The van der Waals surface area contributed by atoms with E-state index in [0.29, 0.717) is 19.4 Å². The highest BCUT2D eigenvalue weighted by Gasteiger charge is 2.38. The van der Waals surface area contributed by atoms with Gasteiger partial charge in [0.25, 0.3) is 0 Å². The molecule has 314 valence electrons. The molecule has 0 saturated carbocycles. The van der Waals surface area contributed by atoms with E-state index in [0.717, 1.165) is 118 Å². The molecule has 0 bridgehead atoms. The second-order valence-corrected chi connectivity index (χ2v) is 18.4. The Bertz CT molecular complexity index is 2360. The van der Waals surface area contributed by atoms with Crippen LogP contribution in [0.3, 0.4) is 0 Å². The van der Waals surface area contributed by atoms with E-state index in [2.05, 4.69) is 69.0 Å². The third kappa shape index (κ3) is 9.70. The molecule has 2 aromatic heterocycles. The number of piperazine rings is 1. The van der Waals surface area contributed by atoms with Crippen molar-refractivity contribution in [3.63, 3.8) is 0 Å². The smallest absolute Gasteiger partial charge is 0.227 e. The number of benzene rings is 4. The van der Waals surface area contributed by atoms with Crippen molar-refractivity contribution in [3.8, 4) is 32.0 Å². The Morgan fingerprint density at radius 1 is 0.705 bits per heavy atom. The van der Waals surface area contributed by atoms with Crippen LogP contribution in [0.5, 0.6) is 0 Å². The van der Waals surface area contributed by atoms with E-state index in [9.17, 15) is 14.7 Å².